The molecule has 0 aliphatic heterocycles. The zero-order valence-electron chi connectivity index (χ0n) is 8.48. The van der Waals surface area contributed by atoms with E-state index in [9.17, 15) is 8.42 Å². The van der Waals surface area contributed by atoms with Crippen LogP contribution in [0.5, 0.6) is 0 Å². The highest BCUT2D eigenvalue weighted by molar-refractivity contribution is 9.09. The normalized spacial score (nSPS) is 11.9. The van der Waals surface area contributed by atoms with E-state index in [1.165, 1.54) is 12.5 Å². The number of nitrogens with one attached hydrogen (secondary N) is 1. The number of halogens is 1. The Bertz CT molecular complexity index is 402. The van der Waals surface area contributed by atoms with E-state index in [0.29, 0.717) is 6.54 Å². The van der Waals surface area contributed by atoms with Crippen molar-refractivity contribution in [1.82, 2.24) is 14.3 Å². The Morgan fingerprint density at radius 1 is 1.53 bits per heavy atom. The fraction of sp³-hybridized carbons (Fsp3) is 0.625. The molecule has 0 spiro atoms. The standard InChI is InChI=1S/C8H14BrN3O2S/c1-12-6-8(10-7-12)15(13,14)11-5-3-2-4-9/h6-7,11H,2-5H2,1H3. The molecule has 7 heteroatoms. The molecule has 0 fully saturated rings. The molecule has 1 N–H and O–H groups in total. The van der Waals surface area contributed by atoms with Gasteiger partial charge in [-0.25, -0.2) is 18.1 Å². The van der Waals surface area contributed by atoms with Crippen LogP contribution in [0.2, 0.25) is 0 Å². The number of nitrogens with zero attached hydrogens (tertiary/aromatic N) is 2. The third kappa shape index (κ3) is 3.92. The number of hydrogen-bond donors (Lipinski definition) is 1. The van der Waals surface area contributed by atoms with Gasteiger partial charge in [0.15, 0.2) is 5.03 Å². The molecule has 0 bridgehead atoms. The molecule has 0 aromatic carbocycles. The van der Waals surface area contributed by atoms with Crippen molar-refractivity contribution in [1.29, 1.82) is 0 Å². The van der Waals surface area contributed by atoms with Gasteiger partial charge in [-0.05, 0) is 12.8 Å². The van der Waals surface area contributed by atoms with Gasteiger partial charge < -0.3 is 4.57 Å². The van der Waals surface area contributed by atoms with Crippen LogP contribution >= 0.6 is 15.9 Å². The maximum absolute atomic E-state index is 11.6. The summed E-state index contributed by atoms with van der Waals surface area (Å²) >= 11 is 3.29. The Balaban J connectivity index is 2.53. The molecule has 0 radical (unpaired) electrons. The summed E-state index contributed by atoms with van der Waals surface area (Å²) in [6.45, 7) is 0.449. The molecular weight excluding hydrogens is 282 g/mol. The van der Waals surface area contributed by atoms with Crippen molar-refractivity contribution in [2.24, 2.45) is 7.05 Å². The third-order valence-electron chi connectivity index (χ3n) is 1.81. The molecule has 5 nitrogen and oxygen atoms in total. The van der Waals surface area contributed by atoms with E-state index in [1.54, 1.807) is 11.6 Å². The number of sulfonamides is 1. The minimum Gasteiger partial charge on any atom is -0.339 e. The van der Waals surface area contributed by atoms with Crippen LogP contribution in [0.25, 0.3) is 0 Å². The topological polar surface area (TPSA) is 64.0 Å². The molecule has 1 aromatic rings. The third-order valence-corrected chi connectivity index (χ3v) is 3.72. The SMILES string of the molecule is Cn1cnc(S(=O)(=O)NCCCCBr)c1. The summed E-state index contributed by atoms with van der Waals surface area (Å²) < 4.78 is 27.3. The molecule has 0 atom stereocenters. The lowest BCUT2D eigenvalue weighted by Gasteiger charge is -2.02. The Morgan fingerprint density at radius 2 is 2.27 bits per heavy atom. The summed E-state index contributed by atoms with van der Waals surface area (Å²) in [4.78, 5) is 3.79. The quantitative estimate of drug-likeness (QED) is 0.626. The Hall–Kier alpha value is -0.400. The lowest BCUT2D eigenvalue weighted by molar-refractivity contribution is 0.575. The summed E-state index contributed by atoms with van der Waals surface area (Å²) in [7, 11) is -1.68. The number of aryl methyl sites for hydroxylation is 1. The van der Waals surface area contributed by atoms with E-state index in [1.807, 2.05) is 0 Å². The van der Waals surface area contributed by atoms with Crippen LogP contribution in [0.3, 0.4) is 0 Å². The van der Waals surface area contributed by atoms with E-state index >= 15 is 0 Å². The monoisotopic (exact) mass is 295 g/mol. The largest absolute Gasteiger partial charge is 0.339 e. The Morgan fingerprint density at radius 3 is 2.80 bits per heavy atom. The predicted octanol–water partition coefficient (Wildman–Crippen LogP) is 0.873. The molecule has 0 unspecified atom stereocenters. The number of rotatable bonds is 6. The second-order valence-electron chi connectivity index (χ2n) is 3.17. The van der Waals surface area contributed by atoms with Crippen LogP contribution in [0.15, 0.2) is 17.6 Å². The van der Waals surface area contributed by atoms with Gasteiger partial charge in [-0.2, -0.15) is 0 Å². The van der Waals surface area contributed by atoms with E-state index < -0.39 is 10.0 Å². The average Bonchev–Trinajstić information content (AvgIpc) is 2.60. The van der Waals surface area contributed by atoms with Gasteiger partial charge in [0.05, 0.1) is 6.33 Å². The van der Waals surface area contributed by atoms with Gasteiger partial charge in [0.2, 0.25) is 0 Å². The summed E-state index contributed by atoms with van der Waals surface area (Å²) in [5.74, 6) is 0. The number of hydrogen-bond acceptors (Lipinski definition) is 3. The lowest BCUT2D eigenvalue weighted by Crippen LogP contribution is -2.25. The highest BCUT2D eigenvalue weighted by Gasteiger charge is 2.15. The maximum atomic E-state index is 11.6. The molecular formula is C8H14BrN3O2S. The van der Waals surface area contributed by atoms with Crippen LogP contribution in [-0.2, 0) is 17.1 Å². The van der Waals surface area contributed by atoms with Crippen LogP contribution in [0, 0.1) is 0 Å². The van der Waals surface area contributed by atoms with Crippen LogP contribution < -0.4 is 4.72 Å². The van der Waals surface area contributed by atoms with Crippen LogP contribution in [-0.4, -0.2) is 29.8 Å². The van der Waals surface area contributed by atoms with Crippen LogP contribution in [0.1, 0.15) is 12.8 Å². The van der Waals surface area contributed by atoms with E-state index in [-0.39, 0.29) is 5.03 Å². The van der Waals surface area contributed by atoms with Crippen molar-refractivity contribution in [3.05, 3.63) is 12.5 Å². The lowest BCUT2D eigenvalue weighted by atomic mass is 10.3. The van der Waals surface area contributed by atoms with Crippen molar-refractivity contribution >= 4 is 26.0 Å². The Kier molecular flexibility index (Phi) is 4.75. The summed E-state index contributed by atoms with van der Waals surface area (Å²) in [6, 6.07) is 0. The van der Waals surface area contributed by atoms with Gasteiger partial charge in [-0.15, -0.1) is 0 Å². The first-order chi connectivity index (χ1) is 7.06. The van der Waals surface area contributed by atoms with E-state index in [4.69, 9.17) is 0 Å². The fourth-order valence-electron chi connectivity index (χ4n) is 1.03. The second-order valence-corrected chi connectivity index (χ2v) is 5.68. The number of imidazole rings is 1. The first kappa shape index (κ1) is 12.7. The van der Waals surface area contributed by atoms with Crippen molar-refractivity contribution < 1.29 is 8.42 Å². The molecule has 0 aliphatic rings. The van der Waals surface area contributed by atoms with Gasteiger partial charge in [-0.3, -0.25) is 0 Å². The molecule has 0 aliphatic carbocycles. The Labute approximate surface area is 98.1 Å². The molecule has 0 saturated heterocycles. The van der Waals surface area contributed by atoms with Gasteiger partial charge >= 0.3 is 0 Å². The van der Waals surface area contributed by atoms with Crippen molar-refractivity contribution in [3.63, 3.8) is 0 Å². The zero-order chi connectivity index (χ0) is 11.3. The van der Waals surface area contributed by atoms with Crippen molar-refractivity contribution in [2.45, 2.75) is 17.9 Å². The van der Waals surface area contributed by atoms with Gasteiger partial charge in [0, 0.05) is 25.1 Å². The number of alkyl halides is 1. The molecule has 1 aromatic heterocycles. The smallest absolute Gasteiger partial charge is 0.259 e. The van der Waals surface area contributed by atoms with Gasteiger partial charge in [0.25, 0.3) is 10.0 Å². The predicted molar refractivity (Wildman–Crippen MR) is 61.4 cm³/mol. The van der Waals surface area contributed by atoms with E-state index in [2.05, 4.69) is 25.6 Å². The highest BCUT2D eigenvalue weighted by Crippen LogP contribution is 2.04. The fourth-order valence-corrected chi connectivity index (χ4v) is 2.48. The first-order valence-corrected chi connectivity index (χ1v) is 7.20. The molecule has 0 amide bonds. The van der Waals surface area contributed by atoms with Crippen molar-refractivity contribution in [2.75, 3.05) is 11.9 Å². The number of unbranched alkanes of at least 4 members (excludes halogenated alkanes) is 1. The molecule has 0 saturated carbocycles. The molecule has 1 heterocycles. The van der Waals surface area contributed by atoms with Crippen LogP contribution in [0.4, 0.5) is 0 Å². The first-order valence-electron chi connectivity index (χ1n) is 4.60. The van der Waals surface area contributed by atoms with Crippen molar-refractivity contribution in [3.8, 4) is 0 Å². The minimum absolute atomic E-state index is 0.0730. The number of aromatic nitrogens is 2. The van der Waals surface area contributed by atoms with Gasteiger partial charge in [0.1, 0.15) is 0 Å². The summed E-state index contributed by atoms with van der Waals surface area (Å²) in [5, 5.41) is 0.960. The zero-order valence-corrected chi connectivity index (χ0v) is 10.9. The highest BCUT2D eigenvalue weighted by atomic mass is 79.9. The van der Waals surface area contributed by atoms with E-state index in [0.717, 1.165) is 18.2 Å². The summed E-state index contributed by atoms with van der Waals surface area (Å²) in [5.41, 5.74) is 0. The molecule has 1 rings (SSSR count). The second kappa shape index (κ2) is 5.62. The minimum atomic E-state index is -3.42. The van der Waals surface area contributed by atoms with Gasteiger partial charge in [-0.1, -0.05) is 15.9 Å². The maximum Gasteiger partial charge on any atom is 0.259 e. The molecule has 86 valence electrons. The average molecular weight is 296 g/mol. The summed E-state index contributed by atoms with van der Waals surface area (Å²) in [6.07, 6.45) is 4.71. The molecule has 15 heavy (non-hydrogen) atoms.